The van der Waals surface area contributed by atoms with Crippen molar-refractivity contribution in [2.75, 3.05) is 26.9 Å². The van der Waals surface area contributed by atoms with Gasteiger partial charge in [0.25, 0.3) is 0 Å². The Morgan fingerprint density at radius 1 is 1.28 bits per heavy atom. The van der Waals surface area contributed by atoms with Crippen molar-refractivity contribution in [3.05, 3.63) is 0 Å². The van der Waals surface area contributed by atoms with E-state index >= 15 is 0 Å². The molecule has 1 spiro atoms. The molecule has 0 radical (unpaired) electrons. The van der Waals surface area contributed by atoms with E-state index in [0.717, 1.165) is 38.6 Å². The lowest BCUT2D eigenvalue weighted by Gasteiger charge is -2.45. The molecule has 18 heavy (non-hydrogen) atoms. The Bertz CT molecular complexity index is 233. The summed E-state index contributed by atoms with van der Waals surface area (Å²) in [5.41, 5.74) is 0.141. The first-order valence-corrected chi connectivity index (χ1v) is 7.68. The van der Waals surface area contributed by atoms with Crippen molar-refractivity contribution in [1.82, 2.24) is 5.32 Å². The molecule has 2 heterocycles. The zero-order valence-electron chi connectivity index (χ0n) is 12.0. The van der Waals surface area contributed by atoms with Crippen LogP contribution in [0.1, 0.15) is 51.9 Å². The van der Waals surface area contributed by atoms with Crippen molar-refractivity contribution in [3.8, 4) is 0 Å². The highest BCUT2D eigenvalue weighted by molar-refractivity contribution is 4.92. The van der Waals surface area contributed by atoms with Crippen LogP contribution in [0.4, 0.5) is 0 Å². The maximum atomic E-state index is 6.13. The fourth-order valence-corrected chi connectivity index (χ4v) is 3.54. The molecule has 0 aromatic carbocycles. The van der Waals surface area contributed by atoms with Crippen molar-refractivity contribution in [2.24, 2.45) is 5.92 Å². The van der Waals surface area contributed by atoms with Crippen molar-refractivity contribution in [1.29, 1.82) is 0 Å². The summed E-state index contributed by atoms with van der Waals surface area (Å²) in [7, 11) is 2.12. The van der Waals surface area contributed by atoms with Crippen molar-refractivity contribution in [2.45, 2.75) is 63.5 Å². The first kappa shape index (κ1) is 14.3. The molecule has 0 bridgehead atoms. The summed E-state index contributed by atoms with van der Waals surface area (Å²) in [6.07, 6.45) is 8.56. The summed E-state index contributed by atoms with van der Waals surface area (Å²) in [5, 5.41) is 3.54. The quantitative estimate of drug-likeness (QED) is 0.819. The van der Waals surface area contributed by atoms with E-state index in [1.54, 1.807) is 0 Å². The molecule has 1 N–H and O–H groups in total. The molecule has 3 nitrogen and oxygen atoms in total. The lowest BCUT2D eigenvalue weighted by molar-refractivity contribution is -0.150. The van der Waals surface area contributed by atoms with E-state index in [9.17, 15) is 0 Å². The fraction of sp³-hybridized carbons (Fsp3) is 1.00. The maximum absolute atomic E-state index is 6.13. The topological polar surface area (TPSA) is 30.5 Å². The summed E-state index contributed by atoms with van der Waals surface area (Å²) in [4.78, 5) is 0. The Morgan fingerprint density at radius 2 is 2.06 bits per heavy atom. The van der Waals surface area contributed by atoms with E-state index in [-0.39, 0.29) is 5.60 Å². The maximum Gasteiger partial charge on any atom is 0.0729 e. The third-order valence-electron chi connectivity index (χ3n) is 4.74. The van der Waals surface area contributed by atoms with Crippen molar-refractivity contribution < 1.29 is 9.47 Å². The predicted molar refractivity (Wildman–Crippen MR) is 73.8 cm³/mol. The molecule has 2 rings (SSSR count). The number of ether oxygens (including phenoxy) is 2. The number of hydrogen-bond acceptors (Lipinski definition) is 3. The molecular weight excluding hydrogens is 226 g/mol. The average molecular weight is 255 g/mol. The van der Waals surface area contributed by atoms with Gasteiger partial charge >= 0.3 is 0 Å². The van der Waals surface area contributed by atoms with Crippen LogP contribution in [0.5, 0.6) is 0 Å². The molecule has 106 valence electrons. The molecular formula is C15H29NO2. The second-order valence-corrected chi connectivity index (χ2v) is 5.93. The lowest BCUT2D eigenvalue weighted by atomic mass is 9.77. The summed E-state index contributed by atoms with van der Waals surface area (Å²) < 4.78 is 11.6. The second kappa shape index (κ2) is 6.88. The van der Waals surface area contributed by atoms with Crippen LogP contribution in [0, 0.1) is 5.92 Å². The van der Waals surface area contributed by atoms with E-state index in [1.807, 2.05) is 0 Å². The highest BCUT2D eigenvalue weighted by atomic mass is 16.5. The van der Waals surface area contributed by atoms with Crippen LogP contribution < -0.4 is 5.32 Å². The Hall–Kier alpha value is -0.120. The van der Waals surface area contributed by atoms with E-state index in [2.05, 4.69) is 19.3 Å². The van der Waals surface area contributed by atoms with Crippen LogP contribution in [0.25, 0.3) is 0 Å². The minimum absolute atomic E-state index is 0.141. The van der Waals surface area contributed by atoms with Gasteiger partial charge in [0.1, 0.15) is 0 Å². The van der Waals surface area contributed by atoms with Crippen molar-refractivity contribution >= 4 is 0 Å². The van der Waals surface area contributed by atoms with Gasteiger partial charge in [-0.3, -0.25) is 0 Å². The minimum atomic E-state index is 0.141. The molecule has 2 atom stereocenters. The van der Waals surface area contributed by atoms with E-state index in [1.165, 1.54) is 32.1 Å². The summed E-state index contributed by atoms with van der Waals surface area (Å²) >= 11 is 0. The highest BCUT2D eigenvalue weighted by Crippen LogP contribution is 2.38. The van der Waals surface area contributed by atoms with Gasteiger partial charge in [0.15, 0.2) is 0 Å². The molecule has 2 unspecified atom stereocenters. The number of nitrogens with one attached hydrogen (secondary N) is 1. The Balaban J connectivity index is 1.91. The van der Waals surface area contributed by atoms with Gasteiger partial charge in [0.05, 0.1) is 5.60 Å². The first-order chi connectivity index (χ1) is 8.79. The van der Waals surface area contributed by atoms with Gasteiger partial charge in [-0.25, -0.2) is 0 Å². The van der Waals surface area contributed by atoms with E-state index in [4.69, 9.17) is 9.47 Å². The van der Waals surface area contributed by atoms with Crippen molar-refractivity contribution in [3.63, 3.8) is 0 Å². The Labute approximate surface area is 112 Å². The smallest absolute Gasteiger partial charge is 0.0729 e. The monoisotopic (exact) mass is 255 g/mol. The zero-order chi connectivity index (χ0) is 12.8. The van der Waals surface area contributed by atoms with Crippen LogP contribution >= 0.6 is 0 Å². The molecule has 0 amide bonds. The van der Waals surface area contributed by atoms with Gasteiger partial charge in [-0.05, 0) is 45.1 Å². The van der Waals surface area contributed by atoms with Gasteiger partial charge < -0.3 is 14.8 Å². The van der Waals surface area contributed by atoms with Gasteiger partial charge in [-0.15, -0.1) is 0 Å². The number of unbranched alkanes of at least 4 members (excludes halogenated alkanes) is 1. The molecule has 0 aliphatic carbocycles. The third kappa shape index (κ3) is 3.46. The number of hydrogen-bond donors (Lipinski definition) is 1. The Morgan fingerprint density at radius 3 is 2.72 bits per heavy atom. The molecule has 0 aromatic heterocycles. The van der Waals surface area contributed by atoms with Gasteiger partial charge in [0.2, 0.25) is 0 Å². The lowest BCUT2D eigenvalue weighted by Crippen LogP contribution is -2.48. The summed E-state index contributed by atoms with van der Waals surface area (Å²) in [6, 6.07) is 0.675. The zero-order valence-corrected chi connectivity index (χ0v) is 12.0. The van der Waals surface area contributed by atoms with Crippen LogP contribution in [0.3, 0.4) is 0 Å². The van der Waals surface area contributed by atoms with Gasteiger partial charge in [0, 0.05) is 25.9 Å². The Kier molecular flexibility index (Phi) is 5.46. The molecule has 3 heteroatoms. The first-order valence-electron chi connectivity index (χ1n) is 7.68. The van der Waals surface area contributed by atoms with E-state index in [0.29, 0.717) is 6.04 Å². The SMILES string of the molecule is CCCCC(NC)C1CCOC2(CCOCC2)C1. The van der Waals surface area contributed by atoms with E-state index < -0.39 is 0 Å². The van der Waals surface area contributed by atoms with Crippen LogP contribution in [-0.4, -0.2) is 38.5 Å². The van der Waals surface area contributed by atoms with Gasteiger partial charge in [-0.2, -0.15) is 0 Å². The fourth-order valence-electron chi connectivity index (χ4n) is 3.54. The van der Waals surface area contributed by atoms with Gasteiger partial charge in [-0.1, -0.05) is 19.8 Å². The molecule has 2 fully saturated rings. The predicted octanol–water partition coefficient (Wildman–Crippen LogP) is 2.74. The summed E-state index contributed by atoms with van der Waals surface area (Å²) in [6.45, 7) is 4.98. The van der Waals surface area contributed by atoms with Crippen LogP contribution in [0.2, 0.25) is 0 Å². The molecule has 0 aromatic rings. The second-order valence-electron chi connectivity index (χ2n) is 5.93. The summed E-state index contributed by atoms with van der Waals surface area (Å²) in [5.74, 6) is 0.786. The standard InChI is InChI=1S/C15H29NO2/c1-3-4-5-14(16-2)13-6-9-18-15(12-13)7-10-17-11-8-15/h13-14,16H,3-12H2,1-2H3. The molecule has 2 aliphatic rings. The van der Waals surface area contributed by atoms with Crippen LogP contribution in [-0.2, 0) is 9.47 Å². The number of rotatable bonds is 5. The largest absolute Gasteiger partial charge is 0.381 e. The van der Waals surface area contributed by atoms with Crippen LogP contribution in [0.15, 0.2) is 0 Å². The average Bonchev–Trinajstić information content (AvgIpc) is 2.41. The molecule has 2 aliphatic heterocycles. The highest BCUT2D eigenvalue weighted by Gasteiger charge is 2.40. The normalized spacial score (nSPS) is 29.3. The molecule has 2 saturated heterocycles. The molecule has 0 saturated carbocycles. The third-order valence-corrected chi connectivity index (χ3v) is 4.74. The minimum Gasteiger partial charge on any atom is -0.381 e.